The van der Waals surface area contributed by atoms with E-state index in [1.807, 2.05) is 6.07 Å². The second-order valence-corrected chi connectivity index (χ2v) is 30.1. The highest BCUT2D eigenvalue weighted by Crippen LogP contribution is 2.27. The summed E-state index contributed by atoms with van der Waals surface area (Å²) in [6.07, 6.45) is 0. The van der Waals surface area contributed by atoms with Gasteiger partial charge in [0.25, 0.3) is 0 Å². The second kappa shape index (κ2) is 8.25. The highest BCUT2D eigenvalue weighted by molar-refractivity contribution is 6.95. The lowest BCUT2D eigenvalue weighted by molar-refractivity contribution is 0.239. The minimum absolute atomic E-state index is 1.14. The number of hydrogen-bond acceptors (Lipinski definition) is 4. The molecular weight excluding hydrogens is 409 g/mol. The van der Waals surface area contributed by atoms with E-state index in [0.29, 0.717) is 0 Å². The van der Waals surface area contributed by atoms with Gasteiger partial charge in [0.2, 0.25) is 0 Å². The van der Waals surface area contributed by atoms with Crippen molar-refractivity contribution >= 4 is 47.5 Å². The standard InChI is InChI=1S/C17H38O4Si5/c1-22(2,3)18-25(10,17-15-13-12-14-16-17)21-26(11,19-23(4,5)6)20-24(7,8)9/h12-16H,1-11H3. The maximum absolute atomic E-state index is 6.86. The first-order valence-corrected chi connectivity index (χ1v) is 24.1. The molecule has 0 spiro atoms. The SMILES string of the molecule is C[Si](C)(C)O[Si](C)(O[Si](C)(C)C)O[Si](C)(O[Si](C)(C)C)c1ccccc1. The summed E-state index contributed by atoms with van der Waals surface area (Å²) in [6.45, 7) is 24.0. The van der Waals surface area contributed by atoms with E-state index in [1.165, 1.54) is 0 Å². The number of rotatable bonds is 9. The highest BCUT2D eigenvalue weighted by Gasteiger charge is 2.51. The number of benzene rings is 1. The van der Waals surface area contributed by atoms with Crippen LogP contribution in [0, 0.1) is 0 Å². The van der Waals surface area contributed by atoms with Crippen LogP contribution in [0.1, 0.15) is 0 Å². The van der Waals surface area contributed by atoms with E-state index in [-0.39, 0.29) is 0 Å². The van der Waals surface area contributed by atoms with E-state index in [2.05, 4.69) is 96.3 Å². The molecule has 0 amide bonds. The van der Waals surface area contributed by atoms with E-state index in [0.717, 1.165) is 5.19 Å². The molecule has 4 nitrogen and oxygen atoms in total. The molecule has 0 N–H and O–H groups in total. The predicted molar refractivity (Wildman–Crippen MR) is 124 cm³/mol. The molecule has 0 fully saturated rings. The summed E-state index contributed by atoms with van der Waals surface area (Å²) >= 11 is 0. The summed E-state index contributed by atoms with van der Waals surface area (Å²) in [6, 6.07) is 10.4. The van der Waals surface area contributed by atoms with Crippen molar-refractivity contribution in [3.63, 3.8) is 0 Å². The minimum Gasteiger partial charge on any atom is -0.433 e. The molecule has 0 heterocycles. The first kappa shape index (κ1) is 24.2. The van der Waals surface area contributed by atoms with Crippen LogP contribution in [0.4, 0.5) is 0 Å². The van der Waals surface area contributed by atoms with E-state index in [4.69, 9.17) is 16.5 Å². The summed E-state index contributed by atoms with van der Waals surface area (Å²) < 4.78 is 26.7. The molecule has 1 aromatic rings. The van der Waals surface area contributed by atoms with Crippen LogP contribution in [-0.2, 0) is 16.5 Å². The fraction of sp³-hybridized carbons (Fsp3) is 0.647. The van der Waals surface area contributed by atoms with Crippen LogP contribution in [0.25, 0.3) is 0 Å². The molecule has 1 unspecified atom stereocenters. The van der Waals surface area contributed by atoms with Crippen molar-refractivity contribution in [1.82, 2.24) is 0 Å². The van der Waals surface area contributed by atoms with Gasteiger partial charge in [-0.3, -0.25) is 0 Å². The molecule has 9 heteroatoms. The Balaban J connectivity index is 3.34. The summed E-state index contributed by atoms with van der Waals surface area (Å²) in [5, 5.41) is 1.14. The molecule has 0 saturated heterocycles. The van der Waals surface area contributed by atoms with Crippen molar-refractivity contribution < 1.29 is 16.5 Å². The molecule has 1 rings (SSSR count). The Morgan fingerprint density at radius 1 is 0.500 bits per heavy atom. The quantitative estimate of drug-likeness (QED) is 0.494. The van der Waals surface area contributed by atoms with Crippen LogP contribution >= 0.6 is 0 Å². The van der Waals surface area contributed by atoms with E-state index in [9.17, 15) is 0 Å². The Hall–Kier alpha value is 0.144. The van der Waals surface area contributed by atoms with Gasteiger partial charge in [-0.15, -0.1) is 0 Å². The minimum atomic E-state index is -2.86. The van der Waals surface area contributed by atoms with E-state index in [1.54, 1.807) is 0 Å². The molecule has 1 atom stereocenters. The first-order chi connectivity index (χ1) is 11.4. The van der Waals surface area contributed by atoms with Crippen LogP contribution < -0.4 is 5.19 Å². The molecule has 0 radical (unpaired) electrons. The second-order valence-electron chi connectivity index (χ2n) is 9.92. The number of hydrogen-bond donors (Lipinski definition) is 0. The third-order valence-electron chi connectivity index (χ3n) is 3.16. The van der Waals surface area contributed by atoms with Gasteiger partial charge in [-0.05, 0) is 70.7 Å². The smallest absolute Gasteiger partial charge is 0.433 e. The summed E-state index contributed by atoms with van der Waals surface area (Å²) in [5.74, 6) is 0. The van der Waals surface area contributed by atoms with E-state index >= 15 is 0 Å². The van der Waals surface area contributed by atoms with Crippen molar-refractivity contribution in [3.8, 4) is 0 Å². The Morgan fingerprint density at radius 3 is 1.23 bits per heavy atom. The van der Waals surface area contributed by atoms with Gasteiger partial charge in [0.15, 0.2) is 25.0 Å². The Morgan fingerprint density at radius 2 is 0.885 bits per heavy atom. The van der Waals surface area contributed by atoms with Gasteiger partial charge in [0.05, 0.1) is 0 Å². The Kier molecular flexibility index (Phi) is 7.68. The average molecular weight is 447 g/mol. The molecular formula is C17H38O4Si5. The topological polar surface area (TPSA) is 36.9 Å². The van der Waals surface area contributed by atoms with Crippen molar-refractivity contribution in [2.45, 2.75) is 72.0 Å². The van der Waals surface area contributed by atoms with Gasteiger partial charge in [-0.25, -0.2) is 0 Å². The fourth-order valence-corrected chi connectivity index (χ4v) is 23.3. The highest BCUT2D eigenvalue weighted by atomic mass is 28.5. The largest absolute Gasteiger partial charge is 0.468 e. The van der Waals surface area contributed by atoms with Crippen LogP contribution in [0.15, 0.2) is 30.3 Å². The molecule has 0 aliphatic rings. The van der Waals surface area contributed by atoms with E-state index < -0.39 is 42.3 Å². The molecule has 26 heavy (non-hydrogen) atoms. The monoisotopic (exact) mass is 446 g/mol. The van der Waals surface area contributed by atoms with Crippen molar-refractivity contribution in [2.75, 3.05) is 0 Å². The van der Waals surface area contributed by atoms with Crippen LogP contribution in [-0.4, -0.2) is 42.3 Å². The van der Waals surface area contributed by atoms with Gasteiger partial charge in [-0.1, -0.05) is 30.3 Å². The normalized spacial score (nSPS) is 16.4. The zero-order valence-corrected chi connectivity index (χ0v) is 23.5. The summed E-state index contributed by atoms with van der Waals surface area (Å²) in [7, 11) is -11.0. The van der Waals surface area contributed by atoms with Crippen LogP contribution in [0.5, 0.6) is 0 Å². The average Bonchev–Trinajstić information content (AvgIpc) is 2.31. The van der Waals surface area contributed by atoms with Gasteiger partial charge in [0, 0.05) is 6.55 Å². The molecule has 150 valence electrons. The summed E-state index contributed by atoms with van der Waals surface area (Å²) in [4.78, 5) is 0. The summed E-state index contributed by atoms with van der Waals surface area (Å²) in [5.41, 5.74) is 0. The Bertz CT molecular complexity index is 562. The molecule has 0 bridgehead atoms. The van der Waals surface area contributed by atoms with Crippen molar-refractivity contribution in [3.05, 3.63) is 30.3 Å². The third-order valence-corrected chi connectivity index (χ3v) is 19.5. The van der Waals surface area contributed by atoms with Gasteiger partial charge in [0.1, 0.15) is 0 Å². The third kappa shape index (κ3) is 8.89. The molecule has 0 saturated carbocycles. The van der Waals surface area contributed by atoms with Crippen molar-refractivity contribution in [2.24, 2.45) is 0 Å². The van der Waals surface area contributed by atoms with Crippen molar-refractivity contribution in [1.29, 1.82) is 0 Å². The maximum atomic E-state index is 6.86. The van der Waals surface area contributed by atoms with Crippen LogP contribution in [0.3, 0.4) is 0 Å². The Labute approximate surface area is 166 Å². The zero-order chi connectivity index (χ0) is 20.4. The maximum Gasteiger partial charge on any atom is 0.468 e. The lowest BCUT2D eigenvalue weighted by atomic mass is 10.4. The van der Waals surface area contributed by atoms with Crippen LogP contribution in [0.2, 0.25) is 72.0 Å². The fourth-order valence-electron chi connectivity index (χ4n) is 2.99. The molecule has 0 aliphatic carbocycles. The lowest BCUT2D eigenvalue weighted by Gasteiger charge is -2.44. The predicted octanol–water partition coefficient (Wildman–Crippen LogP) is 5.11. The molecule has 1 aromatic carbocycles. The lowest BCUT2D eigenvalue weighted by Crippen LogP contribution is -2.66. The first-order valence-electron chi connectivity index (χ1n) is 9.29. The molecule has 0 aromatic heterocycles. The van der Waals surface area contributed by atoms with Gasteiger partial charge < -0.3 is 16.5 Å². The van der Waals surface area contributed by atoms with Gasteiger partial charge >= 0.3 is 17.4 Å². The van der Waals surface area contributed by atoms with Gasteiger partial charge in [-0.2, -0.15) is 0 Å². The zero-order valence-electron chi connectivity index (χ0n) is 18.5. The molecule has 0 aliphatic heterocycles.